The van der Waals surface area contributed by atoms with Gasteiger partial charge in [0.2, 0.25) is 0 Å². The Morgan fingerprint density at radius 2 is 1.94 bits per heavy atom. The SMILES string of the molecule is OC1CCNC(=S)N1C1OC[C@@H](O)[C@H](O)[C@H]1O. The Bertz CT molecular complexity index is 305. The van der Waals surface area contributed by atoms with Crippen LogP contribution in [0.3, 0.4) is 0 Å². The Balaban J connectivity index is 2.12. The number of thiocarbonyl (C=S) groups is 1. The summed E-state index contributed by atoms with van der Waals surface area (Å²) in [6, 6.07) is 0. The zero-order valence-corrected chi connectivity index (χ0v) is 9.88. The Morgan fingerprint density at radius 3 is 2.59 bits per heavy atom. The highest BCUT2D eigenvalue weighted by Crippen LogP contribution is 2.22. The number of rotatable bonds is 1. The van der Waals surface area contributed by atoms with E-state index in [0.717, 1.165) is 0 Å². The Kier molecular flexibility index (Phi) is 3.81. The fourth-order valence-electron chi connectivity index (χ4n) is 1.99. The third-order valence-electron chi connectivity index (χ3n) is 2.98. The van der Waals surface area contributed by atoms with Gasteiger partial charge in [-0.05, 0) is 12.2 Å². The number of ether oxygens (including phenoxy) is 1. The van der Waals surface area contributed by atoms with Crippen molar-refractivity contribution in [3.63, 3.8) is 0 Å². The van der Waals surface area contributed by atoms with E-state index in [1.807, 2.05) is 0 Å². The first kappa shape index (κ1) is 12.9. The van der Waals surface area contributed by atoms with Gasteiger partial charge in [-0.2, -0.15) is 0 Å². The van der Waals surface area contributed by atoms with E-state index in [4.69, 9.17) is 17.0 Å². The van der Waals surface area contributed by atoms with Crippen LogP contribution in [0.2, 0.25) is 0 Å². The van der Waals surface area contributed by atoms with Gasteiger partial charge in [0.1, 0.15) is 24.5 Å². The molecule has 17 heavy (non-hydrogen) atoms. The molecule has 2 heterocycles. The van der Waals surface area contributed by atoms with Crippen LogP contribution in [0.4, 0.5) is 0 Å². The molecular formula is C9H16N2O5S. The van der Waals surface area contributed by atoms with E-state index in [-0.39, 0.29) is 11.7 Å². The molecule has 0 aromatic rings. The number of nitrogens with zero attached hydrogens (tertiary/aromatic N) is 1. The van der Waals surface area contributed by atoms with Gasteiger partial charge in [-0.1, -0.05) is 0 Å². The van der Waals surface area contributed by atoms with Crippen molar-refractivity contribution in [3.05, 3.63) is 0 Å². The largest absolute Gasteiger partial charge is 0.388 e. The van der Waals surface area contributed by atoms with E-state index in [1.54, 1.807) is 0 Å². The van der Waals surface area contributed by atoms with Crippen LogP contribution in [0.1, 0.15) is 6.42 Å². The first-order valence-electron chi connectivity index (χ1n) is 5.42. The van der Waals surface area contributed by atoms with Gasteiger partial charge in [0.25, 0.3) is 0 Å². The molecule has 8 heteroatoms. The molecule has 0 aromatic carbocycles. The Morgan fingerprint density at radius 1 is 1.24 bits per heavy atom. The maximum Gasteiger partial charge on any atom is 0.173 e. The molecule has 0 bridgehead atoms. The first-order chi connectivity index (χ1) is 8.02. The number of aliphatic hydroxyl groups excluding tert-OH is 4. The number of aliphatic hydroxyl groups is 4. The van der Waals surface area contributed by atoms with Gasteiger partial charge < -0.3 is 30.5 Å². The highest BCUT2D eigenvalue weighted by Gasteiger charge is 2.44. The number of nitrogens with one attached hydrogen (secondary N) is 1. The first-order valence-corrected chi connectivity index (χ1v) is 5.83. The van der Waals surface area contributed by atoms with Crippen LogP contribution in [0, 0.1) is 0 Å². The van der Waals surface area contributed by atoms with Crippen molar-refractivity contribution in [2.75, 3.05) is 13.2 Å². The minimum absolute atomic E-state index is 0.116. The molecule has 2 aliphatic heterocycles. The summed E-state index contributed by atoms with van der Waals surface area (Å²) in [5.41, 5.74) is 0. The Hall–Kier alpha value is -0.510. The maximum atomic E-state index is 9.82. The molecule has 2 aliphatic rings. The highest BCUT2D eigenvalue weighted by atomic mass is 32.1. The molecule has 0 aromatic heterocycles. The standard InChI is InChI=1S/C9H16N2O5S/c12-4-3-16-8(7(15)6(4)14)11-5(13)1-2-10-9(11)17/h4-8,12-15H,1-3H2,(H,10,17)/t4-,5?,6+,7-,8?/m1/s1. The van der Waals surface area contributed by atoms with E-state index < -0.39 is 30.8 Å². The zero-order chi connectivity index (χ0) is 12.6. The predicted octanol–water partition coefficient (Wildman–Crippen LogP) is -2.68. The van der Waals surface area contributed by atoms with E-state index in [2.05, 4.69) is 5.32 Å². The maximum absolute atomic E-state index is 9.82. The lowest BCUT2D eigenvalue weighted by Gasteiger charge is -2.45. The highest BCUT2D eigenvalue weighted by molar-refractivity contribution is 7.80. The molecule has 0 radical (unpaired) electrons. The average Bonchev–Trinajstić information content (AvgIpc) is 2.29. The fourth-order valence-corrected chi connectivity index (χ4v) is 2.32. The number of hydrogen-bond acceptors (Lipinski definition) is 6. The smallest absolute Gasteiger partial charge is 0.173 e. The molecule has 98 valence electrons. The van der Waals surface area contributed by atoms with Crippen LogP contribution >= 0.6 is 12.2 Å². The van der Waals surface area contributed by atoms with Gasteiger partial charge in [0.15, 0.2) is 11.3 Å². The summed E-state index contributed by atoms with van der Waals surface area (Å²) in [6.45, 7) is 0.430. The molecule has 2 unspecified atom stereocenters. The molecule has 5 N–H and O–H groups in total. The van der Waals surface area contributed by atoms with Gasteiger partial charge >= 0.3 is 0 Å². The lowest BCUT2D eigenvalue weighted by atomic mass is 10.0. The quantitative estimate of drug-likeness (QED) is 0.326. The fraction of sp³-hybridized carbons (Fsp3) is 0.889. The third-order valence-corrected chi connectivity index (χ3v) is 3.34. The van der Waals surface area contributed by atoms with Gasteiger partial charge in [0, 0.05) is 13.0 Å². The minimum atomic E-state index is -1.33. The molecular weight excluding hydrogens is 248 g/mol. The van der Waals surface area contributed by atoms with E-state index in [0.29, 0.717) is 13.0 Å². The van der Waals surface area contributed by atoms with Crippen molar-refractivity contribution < 1.29 is 25.2 Å². The average molecular weight is 264 g/mol. The molecule has 2 saturated heterocycles. The van der Waals surface area contributed by atoms with Gasteiger partial charge in [-0.3, -0.25) is 4.90 Å². The van der Waals surface area contributed by atoms with Crippen LogP contribution in [-0.2, 0) is 4.74 Å². The molecule has 2 fully saturated rings. The van der Waals surface area contributed by atoms with E-state index in [9.17, 15) is 20.4 Å². The van der Waals surface area contributed by atoms with Crippen molar-refractivity contribution in [3.8, 4) is 0 Å². The van der Waals surface area contributed by atoms with Gasteiger partial charge in [-0.15, -0.1) is 0 Å². The van der Waals surface area contributed by atoms with Crippen LogP contribution < -0.4 is 5.32 Å². The second-order valence-corrected chi connectivity index (χ2v) is 4.57. The third kappa shape index (κ3) is 2.37. The van der Waals surface area contributed by atoms with E-state index in [1.165, 1.54) is 4.90 Å². The molecule has 0 spiro atoms. The second kappa shape index (κ2) is 5.01. The molecule has 0 saturated carbocycles. The summed E-state index contributed by atoms with van der Waals surface area (Å²) < 4.78 is 5.23. The summed E-state index contributed by atoms with van der Waals surface area (Å²) >= 11 is 5.03. The van der Waals surface area contributed by atoms with Crippen LogP contribution in [-0.4, -0.2) is 74.4 Å². The van der Waals surface area contributed by atoms with Crippen molar-refractivity contribution in [1.82, 2.24) is 10.2 Å². The normalized spacial score (nSPS) is 43.4. The number of hydrogen-bond donors (Lipinski definition) is 5. The Labute approximate surface area is 104 Å². The summed E-state index contributed by atoms with van der Waals surface area (Å²) in [4.78, 5) is 1.30. The lowest BCUT2D eigenvalue weighted by molar-refractivity contribution is -0.235. The van der Waals surface area contributed by atoms with Gasteiger partial charge in [-0.25, -0.2) is 0 Å². The van der Waals surface area contributed by atoms with Crippen molar-refractivity contribution in [2.24, 2.45) is 0 Å². The summed E-state index contributed by atoms with van der Waals surface area (Å²) in [5, 5.41) is 41.7. The topological polar surface area (TPSA) is 105 Å². The second-order valence-electron chi connectivity index (χ2n) is 4.18. The van der Waals surface area contributed by atoms with E-state index >= 15 is 0 Å². The molecule has 5 atom stereocenters. The minimum Gasteiger partial charge on any atom is -0.388 e. The van der Waals surface area contributed by atoms with Crippen molar-refractivity contribution >= 4 is 17.3 Å². The predicted molar refractivity (Wildman–Crippen MR) is 60.8 cm³/mol. The monoisotopic (exact) mass is 264 g/mol. The van der Waals surface area contributed by atoms with Crippen molar-refractivity contribution in [2.45, 2.75) is 37.2 Å². The van der Waals surface area contributed by atoms with Gasteiger partial charge in [0.05, 0.1) is 6.61 Å². The zero-order valence-electron chi connectivity index (χ0n) is 9.06. The van der Waals surface area contributed by atoms with Crippen molar-refractivity contribution in [1.29, 1.82) is 0 Å². The summed E-state index contributed by atoms with van der Waals surface area (Å²) in [5.74, 6) is 0. The molecule has 0 aliphatic carbocycles. The van der Waals surface area contributed by atoms with Crippen LogP contribution in [0.25, 0.3) is 0 Å². The summed E-state index contributed by atoms with van der Waals surface area (Å²) in [6.07, 6.45) is -5.16. The summed E-state index contributed by atoms with van der Waals surface area (Å²) in [7, 11) is 0. The molecule has 2 rings (SSSR count). The molecule has 7 nitrogen and oxygen atoms in total. The lowest BCUT2D eigenvalue weighted by Crippen LogP contribution is -2.65. The van der Waals surface area contributed by atoms with Crippen LogP contribution in [0.5, 0.6) is 0 Å². The molecule has 0 amide bonds. The van der Waals surface area contributed by atoms with Crippen LogP contribution in [0.15, 0.2) is 0 Å².